The smallest absolute Gasteiger partial charge is 0.320 e. The summed E-state index contributed by atoms with van der Waals surface area (Å²) in [6.07, 6.45) is 3.71. The van der Waals surface area contributed by atoms with Crippen LogP contribution in [0.15, 0.2) is 23.1 Å². The minimum Gasteiger partial charge on any atom is -0.496 e. The summed E-state index contributed by atoms with van der Waals surface area (Å²) < 4.78 is 5.36. The molecule has 1 heterocycles. The number of carboxylic acids is 1. The first-order valence-corrected chi connectivity index (χ1v) is 7.56. The SMILES string of the molecule is COc1cc(CN2CCCC2C(=O)O)ccc1SC.Cl. The van der Waals surface area contributed by atoms with E-state index in [1.165, 1.54) is 0 Å². The highest BCUT2D eigenvalue weighted by molar-refractivity contribution is 7.98. The molecule has 20 heavy (non-hydrogen) atoms. The van der Waals surface area contributed by atoms with Crippen LogP contribution in [0.5, 0.6) is 5.75 Å². The number of hydrogen-bond donors (Lipinski definition) is 1. The second kappa shape index (κ2) is 7.76. The third-order valence-electron chi connectivity index (χ3n) is 3.48. The fraction of sp³-hybridized carbons (Fsp3) is 0.500. The average Bonchev–Trinajstić information content (AvgIpc) is 2.87. The largest absolute Gasteiger partial charge is 0.496 e. The van der Waals surface area contributed by atoms with Crippen LogP contribution in [-0.4, -0.2) is 41.9 Å². The lowest BCUT2D eigenvalue weighted by Gasteiger charge is -2.21. The summed E-state index contributed by atoms with van der Waals surface area (Å²) in [7, 11) is 1.66. The molecule has 1 aromatic carbocycles. The third-order valence-corrected chi connectivity index (χ3v) is 4.26. The van der Waals surface area contributed by atoms with Crippen LogP contribution in [0, 0.1) is 0 Å². The van der Waals surface area contributed by atoms with E-state index in [9.17, 15) is 9.90 Å². The molecule has 4 nitrogen and oxygen atoms in total. The van der Waals surface area contributed by atoms with Crippen molar-refractivity contribution in [2.24, 2.45) is 0 Å². The predicted molar refractivity (Wildman–Crippen MR) is 83.1 cm³/mol. The summed E-state index contributed by atoms with van der Waals surface area (Å²) in [6, 6.07) is 5.74. The molecule has 1 atom stereocenters. The van der Waals surface area contributed by atoms with Gasteiger partial charge in [-0.25, -0.2) is 0 Å². The summed E-state index contributed by atoms with van der Waals surface area (Å²) in [5.74, 6) is 0.140. The molecule has 0 aromatic heterocycles. The van der Waals surface area contributed by atoms with E-state index in [1.807, 2.05) is 29.4 Å². The van der Waals surface area contributed by atoms with Gasteiger partial charge in [-0.2, -0.15) is 0 Å². The Morgan fingerprint density at radius 3 is 2.90 bits per heavy atom. The third kappa shape index (κ3) is 3.81. The van der Waals surface area contributed by atoms with Crippen molar-refractivity contribution in [2.45, 2.75) is 30.3 Å². The monoisotopic (exact) mass is 317 g/mol. The quantitative estimate of drug-likeness (QED) is 0.846. The van der Waals surface area contributed by atoms with Gasteiger partial charge in [0.15, 0.2) is 0 Å². The predicted octanol–water partition coefficient (Wildman–Crippen LogP) is 2.89. The molecule has 6 heteroatoms. The Balaban J connectivity index is 0.00000200. The van der Waals surface area contributed by atoms with Crippen LogP contribution in [0.4, 0.5) is 0 Å². The number of benzene rings is 1. The Bertz CT molecular complexity index is 470. The molecule has 1 saturated heterocycles. The molecule has 0 saturated carbocycles. The fourth-order valence-corrected chi connectivity index (χ4v) is 3.06. The molecule has 1 aliphatic heterocycles. The van der Waals surface area contributed by atoms with Crippen molar-refractivity contribution in [3.05, 3.63) is 23.8 Å². The van der Waals surface area contributed by atoms with Crippen LogP contribution in [0.25, 0.3) is 0 Å². The second-order valence-corrected chi connectivity index (χ2v) is 5.50. The van der Waals surface area contributed by atoms with Gasteiger partial charge in [-0.1, -0.05) is 6.07 Å². The van der Waals surface area contributed by atoms with Gasteiger partial charge in [-0.05, 0) is 43.3 Å². The zero-order valence-corrected chi connectivity index (χ0v) is 13.3. The number of methoxy groups -OCH3 is 1. The number of carboxylic acid groups (broad SMARTS) is 1. The van der Waals surface area contributed by atoms with Gasteiger partial charge < -0.3 is 9.84 Å². The van der Waals surface area contributed by atoms with Gasteiger partial charge in [0, 0.05) is 11.4 Å². The Labute approximate surface area is 129 Å². The number of carbonyl (C=O) groups is 1. The maximum atomic E-state index is 11.2. The molecule has 0 amide bonds. The van der Waals surface area contributed by atoms with E-state index in [4.69, 9.17) is 4.74 Å². The van der Waals surface area contributed by atoms with E-state index in [0.29, 0.717) is 6.54 Å². The molecule has 0 bridgehead atoms. The Kier molecular flexibility index (Phi) is 6.65. The summed E-state index contributed by atoms with van der Waals surface area (Å²) in [4.78, 5) is 14.3. The highest BCUT2D eigenvalue weighted by atomic mass is 35.5. The number of ether oxygens (including phenoxy) is 1. The normalized spacial score (nSPS) is 18.6. The molecular formula is C14H20ClNO3S. The second-order valence-electron chi connectivity index (χ2n) is 4.66. The number of nitrogens with zero attached hydrogens (tertiary/aromatic N) is 1. The van der Waals surface area contributed by atoms with Gasteiger partial charge in [0.1, 0.15) is 11.8 Å². The van der Waals surface area contributed by atoms with Gasteiger partial charge >= 0.3 is 5.97 Å². The van der Waals surface area contributed by atoms with E-state index in [-0.39, 0.29) is 18.4 Å². The molecule has 1 N–H and O–H groups in total. The standard InChI is InChI=1S/C14H19NO3S.ClH/c1-18-12-8-10(5-6-13(12)19-2)9-15-7-3-4-11(15)14(16)17;/h5-6,8,11H,3-4,7,9H2,1-2H3,(H,16,17);1H. The summed E-state index contributed by atoms with van der Waals surface area (Å²) >= 11 is 1.64. The lowest BCUT2D eigenvalue weighted by molar-refractivity contribution is -0.142. The van der Waals surface area contributed by atoms with Crippen molar-refractivity contribution in [1.82, 2.24) is 4.90 Å². The van der Waals surface area contributed by atoms with Crippen molar-refractivity contribution in [1.29, 1.82) is 0 Å². The van der Waals surface area contributed by atoms with Crippen molar-refractivity contribution >= 4 is 30.1 Å². The van der Waals surface area contributed by atoms with E-state index >= 15 is 0 Å². The minimum atomic E-state index is -0.717. The maximum absolute atomic E-state index is 11.2. The first kappa shape index (κ1) is 17.1. The average molecular weight is 318 g/mol. The van der Waals surface area contributed by atoms with Gasteiger partial charge in [-0.3, -0.25) is 9.69 Å². The van der Waals surface area contributed by atoms with Gasteiger partial charge in [0.2, 0.25) is 0 Å². The topological polar surface area (TPSA) is 49.8 Å². The molecule has 1 aliphatic rings. The zero-order valence-electron chi connectivity index (χ0n) is 11.7. The Morgan fingerprint density at radius 1 is 1.55 bits per heavy atom. The van der Waals surface area contributed by atoms with Crippen LogP contribution >= 0.6 is 24.2 Å². The summed E-state index contributed by atoms with van der Waals surface area (Å²) in [5.41, 5.74) is 1.10. The number of aliphatic carboxylic acids is 1. The van der Waals surface area contributed by atoms with E-state index in [1.54, 1.807) is 18.9 Å². The van der Waals surface area contributed by atoms with E-state index in [2.05, 4.69) is 0 Å². The van der Waals surface area contributed by atoms with Crippen molar-refractivity contribution in [3.63, 3.8) is 0 Å². The van der Waals surface area contributed by atoms with Crippen molar-refractivity contribution < 1.29 is 14.6 Å². The maximum Gasteiger partial charge on any atom is 0.320 e. The molecule has 2 rings (SSSR count). The first-order chi connectivity index (χ1) is 9.15. The molecular weight excluding hydrogens is 298 g/mol. The van der Waals surface area contributed by atoms with Crippen LogP contribution in [0.1, 0.15) is 18.4 Å². The van der Waals surface area contributed by atoms with Crippen LogP contribution in [-0.2, 0) is 11.3 Å². The molecule has 1 aromatic rings. The highest BCUT2D eigenvalue weighted by Crippen LogP contribution is 2.29. The van der Waals surface area contributed by atoms with Crippen LogP contribution in [0.3, 0.4) is 0 Å². The van der Waals surface area contributed by atoms with Crippen molar-refractivity contribution in [3.8, 4) is 5.75 Å². The van der Waals surface area contributed by atoms with Gasteiger partial charge in [0.05, 0.1) is 7.11 Å². The molecule has 0 aliphatic carbocycles. The first-order valence-electron chi connectivity index (χ1n) is 6.33. The molecule has 1 fully saturated rings. The highest BCUT2D eigenvalue weighted by Gasteiger charge is 2.30. The Morgan fingerprint density at radius 2 is 2.30 bits per heavy atom. The van der Waals surface area contributed by atoms with E-state index < -0.39 is 5.97 Å². The summed E-state index contributed by atoms with van der Waals surface area (Å²) in [5, 5.41) is 9.17. The van der Waals surface area contributed by atoms with Crippen molar-refractivity contribution in [2.75, 3.05) is 19.9 Å². The van der Waals surface area contributed by atoms with Crippen LogP contribution < -0.4 is 4.74 Å². The molecule has 112 valence electrons. The van der Waals surface area contributed by atoms with Crippen LogP contribution in [0.2, 0.25) is 0 Å². The fourth-order valence-electron chi connectivity index (χ4n) is 2.51. The lowest BCUT2D eigenvalue weighted by Crippen LogP contribution is -2.35. The lowest BCUT2D eigenvalue weighted by atomic mass is 10.1. The summed E-state index contributed by atoms with van der Waals surface area (Å²) in [6.45, 7) is 1.52. The minimum absolute atomic E-state index is 0. The molecule has 0 radical (unpaired) electrons. The molecule has 0 spiro atoms. The van der Waals surface area contributed by atoms with E-state index in [0.717, 1.165) is 35.6 Å². The number of halogens is 1. The number of hydrogen-bond acceptors (Lipinski definition) is 4. The number of thioether (sulfide) groups is 1. The molecule has 1 unspecified atom stereocenters. The van der Waals surface area contributed by atoms with Gasteiger partial charge in [0.25, 0.3) is 0 Å². The number of rotatable bonds is 5. The number of likely N-dealkylation sites (tertiary alicyclic amines) is 1. The van der Waals surface area contributed by atoms with Gasteiger partial charge in [-0.15, -0.1) is 24.2 Å². The zero-order chi connectivity index (χ0) is 13.8. The Hall–Kier alpha value is -0.910.